The van der Waals surface area contributed by atoms with Crippen LogP contribution >= 0.6 is 11.6 Å². The number of halogens is 2. The van der Waals surface area contributed by atoms with Crippen molar-refractivity contribution in [3.05, 3.63) is 34.9 Å². The highest BCUT2D eigenvalue weighted by atomic mass is 35.5. The summed E-state index contributed by atoms with van der Waals surface area (Å²) < 4.78 is 13.8. The van der Waals surface area contributed by atoms with Gasteiger partial charge in [-0.05, 0) is 12.1 Å². The summed E-state index contributed by atoms with van der Waals surface area (Å²) in [5.74, 6) is -0.649. The van der Waals surface area contributed by atoms with Gasteiger partial charge in [0.15, 0.2) is 5.82 Å². The lowest BCUT2D eigenvalue weighted by atomic mass is 10.2. The molecule has 7 heteroatoms. The summed E-state index contributed by atoms with van der Waals surface area (Å²) in [6.45, 7) is 0.362. The minimum absolute atomic E-state index is 0.119. The number of aromatic nitrogens is 2. The van der Waals surface area contributed by atoms with Crippen LogP contribution in [0.25, 0.3) is 0 Å². The van der Waals surface area contributed by atoms with Gasteiger partial charge >= 0.3 is 0 Å². The van der Waals surface area contributed by atoms with Crippen molar-refractivity contribution >= 4 is 28.7 Å². The van der Waals surface area contributed by atoms with Crippen molar-refractivity contribution in [1.29, 1.82) is 0 Å². The molecular weight excluding hydrogens is 245 g/mol. The van der Waals surface area contributed by atoms with E-state index in [1.807, 2.05) is 0 Å². The molecule has 1 heterocycles. The summed E-state index contributed by atoms with van der Waals surface area (Å²) in [4.78, 5) is 0. The smallest absolute Gasteiger partial charge is 0.169 e. The molecule has 0 atom stereocenters. The summed E-state index contributed by atoms with van der Waals surface area (Å²) in [5.41, 5.74) is 12.4. The second-order valence-electron chi connectivity index (χ2n) is 3.49. The molecule has 0 unspecified atom stereocenters. The Balaban J connectivity index is 2.24. The molecule has 0 aliphatic rings. The van der Waals surface area contributed by atoms with E-state index in [-0.39, 0.29) is 22.1 Å². The van der Waals surface area contributed by atoms with Gasteiger partial charge in [-0.1, -0.05) is 11.6 Å². The van der Waals surface area contributed by atoms with Gasteiger partial charge in [0.1, 0.15) is 5.02 Å². The number of hydrogen-bond donors (Lipinski definition) is 4. The molecule has 0 radical (unpaired) electrons. The maximum Gasteiger partial charge on any atom is 0.169 e. The van der Waals surface area contributed by atoms with Crippen LogP contribution in [0.2, 0.25) is 5.02 Å². The maximum absolute atomic E-state index is 13.8. The zero-order valence-electron chi connectivity index (χ0n) is 8.80. The van der Waals surface area contributed by atoms with E-state index in [2.05, 4.69) is 15.5 Å². The van der Waals surface area contributed by atoms with Crippen molar-refractivity contribution < 1.29 is 4.39 Å². The molecule has 1 aromatic heterocycles. The van der Waals surface area contributed by atoms with E-state index in [1.165, 1.54) is 6.07 Å². The second kappa shape index (κ2) is 4.50. The molecule has 0 amide bonds. The number of H-pyrrole nitrogens is 1. The first-order valence-electron chi connectivity index (χ1n) is 4.84. The highest BCUT2D eigenvalue weighted by Crippen LogP contribution is 2.33. The van der Waals surface area contributed by atoms with E-state index >= 15 is 0 Å². The third-order valence-corrected chi connectivity index (χ3v) is 2.66. The number of rotatable bonds is 3. The lowest BCUT2D eigenvalue weighted by Crippen LogP contribution is -2.06. The van der Waals surface area contributed by atoms with Crippen LogP contribution in [0.3, 0.4) is 0 Å². The van der Waals surface area contributed by atoms with Crippen LogP contribution < -0.4 is 16.8 Å². The molecule has 0 saturated heterocycles. The van der Waals surface area contributed by atoms with Gasteiger partial charge in [-0.3, -0.25) is 5.10 Å². The molecule has 0 aliphatic heterocycles. The van der Waals surface area contributed by atoms with Gasteiger partial charge in [-0.15, -0.1) is 0 Å². The van der Waals surface area contributed by atoms with Gasteiger partial charge in [-0.2, -0.15) is 5.10 Å². The Hall–Kier alpha value is -1.95. The fourth-order valence-corrected chi connectivity index (χ4v) is 1.56. The van der Waals surface area contributed by atoms with Gasteiger partial charge in [0.05, 0.1) is 29.3 Å². The minimum atomic E-state index is -0.649. The molecule has 1 aromatic carbocycles. The topological polar surface area (TPSA) is 92.8 Å². The summed E-state index contributed by atoms with van der Waals surface area (Å²) >= 11 is 5.70. The van der Waals surface area contributed by atoms with Crippen molar-refractivity contribution in [2.24, 2.45) is 0 Å². The highest BCUT2D eigenvalue weighted by molar-refractivity contribution is 6.33. The molecule has 17 heavy (non-hydrogen) atoms. The van der Waals surface area contributed by atoms with Crippen LogP contribution in [-0.4, -0.2) is 10.2 Å². The zero-order chi connectivity index (χ0) is 12.4. The molecular formula is C10H11ClFN5. The quantitative estimate of drug-likeness (QED) is 0.631. The number of nitrogens with one attached hydrogen (secondary N) is 2. The number of benzene rings is 1. The number of anilines is 3. The first kappa shape index (κ1) is 11.5. The number of nitrogens with two attached hydrogens (primary N) is 2. The molecule has 2 aromatic rings. The van der Waals surface area contributed by atoms with Crippen LogP contribution in [0.15, 0.2) is 18.3 Å². The average molecular weight is 256 g/mol. The molecule has 6 N–H and O–H groups in total. The van der Waals surface area contributed by atoms with E-state index in [4.69, 9.17) is 23.1 Å². The number of nitrogens with zero attached hydrogens (tertiary/aromatic N) is 1. The van der Waals surface area contributed by atoms with Gasteiger partial charge in [0.2, 0.25) is 0 Å². The molecule has 0 spiro atoms. The van der Waals surface area contributed by atoms with Crippen molar-refractivity contribution in [3.8, 4) is 0 Å². The first-order valence-corrected chi connectivity index (χ1v) is 5.22. The SMILES string of the molecule is Nc1cc(N)c(NCc2ccn[nH]2)c(F)c1Cl. The summed E-state index contributed by atoms with van der Waals surface area (Å²) in [6.07, 6.45) is 1.60. The molecule has 2 rings (SSSR count). The Bertz CT molecular complexity index is 526. The number of hydrogen-bond acceptors (Lipinski definition) is 4. The summed E-state index contributed by atoms with van der Waals surface area (Å²) in [7, 11) is 0. The van der Waals surface area contributed by atoms with E-state index in [9.17, 15) is 4.39 Å². The Morgan fingerprint density at radius 3 is 2.82 bits per heavy atom. The van der Waals surface area contributed by atoms with Crippen molar-refractivity contribution in [3.63, 3.8) is 0 Å². The van der Waals surface area contributed by atoms with Gasteiger partial charge in [-0.25, -0.2) is 4.39 Å². The zero-order valence-corrected chi connectivity index (χ0v) is 9.55. The summed E-state index contributed by atoms with van der Waals surface area (Å²) in [6, 6.07) is 3.18. The van der Waals surface area contributed by atoms with E-state index < -0.39 is 5.82 Å². The lowest BCUT2D eigenvalue weighted by molar-refractivity contribution is 0.631. The maximum atomic E-state index is 13.8. The van der Waals surface area contributed by atoms with Gasteiger partial charge in [0, 0.05) is 6.20 Å². The minimum Gasteiger partial charge on any atom is -0.397 e. The molecule has 5 nitrogen and oxygen atoms in total. The number of aromatic amines is 1. The molecule has 0 saturated carbocycles. The van der Waals surface area contributed by atoms with Gasteiger partial charge < -0.3 is 16.8 Å². The molecule has 0 bridgehead atoms. The predicted molar refractivity (Wildman–Crippen MR) is 66.1 cm³/mol. The Morgan fingerprint density at radius 1 is 1.41 bits per heavy atom. The van der Waals surface area contributed by atoms with Crippen LogP contribution in [0.4, 0.5) is 21.5 Å². The Kier molecular flexibility index (Phi) is 3.06. The standard InChI is InChI=1S/C10H11ClFN5/c11-8-6(13)3-7(14)10(9(8)12)15-4-5-1-2-16-17-5/h1-3,15H,4,13-14H2,(H,16,17). The lowest BCUT2D eigenvalue weighted by Gasteiger charge is -2.12. The average Bonchev–Trinajstić information content (AvgIpc) is 2.79. The fourth-order valence-electron chi connectivity index (χ4n) is 1.41. The Labute approximate surface area is 102 Å². The van der Waals surface area contributed by atoms with Crippen molar-refractivity contribution in [2.75, 3.05) is 16.8 Å². The van der Waals surface area contributed by atoms with Gasteiger partial charge in [0.25, 0.3) is 0 Å². The van der Waals surface area contributed by atoms with Crippen LogP contribution in [0.5, 0.6) is 0 Å². The Morgan fingerprint density at radius 2 is 2.18 bits per heavy atom. The fraction of sp³-hybridized carbons (Fsp3) is 0.100. The summed E-state index contributed by atoms with van der Waals surface area (Å²) in [5, 5.41) is 9.22. The molecule has 0 aliphatic carbocycles. The highest BCUT2D eigenvalue weighted by Gasteiger charge is 2.13. The van der Waals surface area contributed by atoms with Crippen LogP contribution in [0.1, 0.15) is 5.69 Å². The predicted octanol–water partition coefficient (Wildman–Crippen LogP) is 1.98. The van der Waals surface area contributed by atoms with Crippen molar-refractivity contribution in [1.82, 2.24) is 10.2 Å². The first-order chi connectivity index (χ1) is 8.09. The number of nitrogen functional groups attached to an aromatic ring is 2. The van der Waals surface area contributed by atoms with Crippen LogP contribution in [0, 0.1) is 5.82 Å². The largest absolute Gasteiger partial charge is 0.397 e. The van der Waals surface area contributed by atoms with Crippen LogP contribution in [-0.2, 0) is 6.54 Å². The van der Waals surface area contributed by atoms with E-state index in [0.29, 0.717) is 6.54 Å². The van der Waals surface area contributed by atoms with E-state index in [1.54, 1.807) is 12.3 Å². The van der Waals surface area contributed by atoms with E-state index in [0.717, 1.165) is 5.69 Å². The second-order valence-corrected chi connectivity index (χ2v) is 3.87. The normalized spacial score (nSPS) is 10.5. The monoisotopic (exact) mass is 255 g/mol. The molecule has 90 valence electrons. The van der Waals surface area contributed by atoms with Crippen molar-refractivity contribution in [2.45, 2.75) is 6.54 Å². The third-order valence-electron chi connectivity index (χ3n) is 2.28. The third kappa shape index (κ3) is 2.26. The molecule has 0 fully saturated rings.